The molecule has 114 valence electrons. The highest BCUT2D eigenvalue weighted by Gasteiger charge is 2.11. The first-order valence-corrected chi connectivity index (χ1v) is 6.59. The standard InChI is InChI=1S/C15H13ClN2O4/c1-22-12-7-6-9(13(16)14(12)20)8-17-18-15(21)10-4-2-3-5-11(10)19/h2-8,19-20H,1H3,(H,18,21)/b17-8-. The van der Waals surface area contributed by atoms with Crippen molar-refractivity contribution < 1.29 is 19.7 Å². The molecule has 6 nitrogen and oxygen atoms in total. The summed E-state index contributed by atoms with van der Waals surface area (Å²) < 4.78 is 4.92. The third kappa shape index (κ3) is 3.29. The molecule has 7 heteroatoms. The number of carbonyl (C=O) groups excluding carboxylic acids is 1. The van der Waals surface area contributed by atoms with E-state index in [1.54, 1.807) is 18.2 Å². The van der Waals surface area contributed by atoms with Crippen LogP contribution < -0.4 is 10.2 Å². The first-order valence-electron chi connectivity index (χ1n) is 6.21. The van der Waals surface area contributed by atoms with E-state index in [-0.39, 0.29) is 27.8 Å². The van der Waals surface area contributed by atoms with Crippen LogP contribution in [-0.2, 0) is 0 Å². The average molecular weight is 321 g/mol. The number of hydrogen-bond donors (Lipinski definition) is 3. The van der Waals surface area contributed by atoms with Crippen molar-refractivity contribution >= 4 is 23.7 Å². The number of carbonyl (C=O) groups is 1. The number of phenols is 2. The van der Waals surface area contributed by atoms with E-state index >= 15 is 0 Å². The number of nitrogens with zero attached hydrogens (tertiary/aromatic N) is 1. The Balaban J connectivity index is 2.12. The lowest BCUT2D eigenvalue weighted by Gasteiger charge is -2.06. The van der Waals surface area contributed by atoms with Crippen molar-refractivity contribution in [3.05, 3.63) is 52.5 Å². The molecule has 1 amide bonds. The summed E-state index contributed by atoms with van der Waals surface area (Å²) in [5.74, 6) is -0.681. The second-order valence-electron chi connectivity index (χ2n) is 4.24. The van der Waals surface area contributed by atoms with E-state index in [4.69, 9.17) is 16.3 Å². The quantitative estimate of drug-likeness (QED) is 0.596. The summed E-state index contributed by atoms with van der Waals surface area (Å²) in [6, 6.07) is 9.19. The maximum atomic E-state index is 11.8. The molecular formula is C15H13ClN2O4. The van der Waals surface area contributed by atoms with Crippen LogP contribution in [0.4, 0.5) is 0 Å². The molecular weight excluding hydrogens is 308 g/mol. The molecule has 22 heavy (non-hydrogen) atoms. The van der Waals surface area contributed by atoms with Crippen LogP contribution in [-0.4, -0.2) is 29.4 Å². The van der Waals surface area contributed by atoms with Crippen LogP contribution in [0.3, 0.4) is 0 Å². The summed E-state index contributed by atoms with van der Waals surface area (Å²) >= 11 is 5.96. The first-order chi connectivity index (χ1) is 10.5. The van der Waals surface area contributed by atoms with Gasteiger partial charge in [0, 0.05) is 5.56 Å². The molecule has 0 unspecified atom stereocenters. The van der Waals surface area contributed by atoms with Crippen molar-refractivity contribution in [2.24, 2.45) is 5.10 Å². The Morgan fingerprint density at radius 2 is 2.00 bits per heavy atom. The number of rotatable bonds is 4. The summed E-state index contributed by atoms with van der Waals surface area (Å²) in [5.41, 5.74) is 2.76. The van der Waals surface area contributed by atoms with Gasteiger partial charge in [-0.1, -0.05) is 23.7 Å². The number of nitrogens with one attached hydrogen (secondary N) is 1. The third-order valence-electron chi connectivity index (χ3n) is 2.85. The topological polar surface area (TPSA) is 91.2 Å². The molecule has 2 aromatic carbocycles. The SMILES string of the molecule is COc1ccc(/C=N\NC(=O)c2ccccc2O)c(Cl)c1O. The highest BCUT2D eigenvalue weighted by Crippen LogP contribution is 2.35. The average Bonchev–Trinajstić information content (AvgIpc) is 2.52. The maximum absolute atomic E-state index is 11.8. The van der Waals surface area contributed by atoms with Gasteiger partial charge in [0.15, 0.2) is 11.5 Å². The number of ether oxygens (including phenoxy) is 1. The first kappa shape index (κ1) is 15.7. The van der Waals surface area contributed by atoms with Crippen LogP contribution in [0.5, 0.6) is 17.2 Å². The summed E-state index contributed by atoms with van der Waals surface area (Å²) in [5, 5.41) is 23.1. The van der Waals surface area contributed by atoms with Gasteiger partial charge in [-0.2, -0.15) is 5.10 Å². The maximum Gasteiger partial charge on any atom is 0.275 e. The Morgan fingerprint density at radius 3 is 2.68 bits per heavy atom. The number of halogens is 1. The molecule has 3 N–H and O–H groups in total. The second-order valence-corrected chi connectivity index (χ2v) is 4.61. The van der Waals surface area contributed by atoms with Crippen LogP contribution in [0.2, 0.25) is 5.02 Å². The minimum absolute atomic E-state index is 0.0555. The lowest BCUT2D eigenvalue weighted by molar-refractivity contribution is 0.0952. The van der Waals surface area contributed by atoms with Gasteiger partial charge in [-0.05, 0) is 24.3 Å². The van der Waals surface area contributed by atoms with Crippen LogP contribution in [0.1, 0.15) is 15.9 Å². The van der Waals surface area contributed by atoms with Crippen LogP contribution >= 0.6 is 11.6 Å². The molecule has 2 rings (SSSR count). The summed E-state index contributed by atoms with van der Waals surface area (Å²) in [4.78, 5) is 11.8. The number of methoxy groups -OCH3 is 1. The van der Waals surface area contributed by atoms with E-state index in [2.05, 4.69) is 10.5 Å². The fourth-order valence-electron chi connectivity index (χ4n) is 1.71. The fourth-order valence-corrected chi connectivity index (χ4v) is 1.92. The molecule has 0 fully saturated rings. The smallest absolute Gasteiger partial charge is 0.275 e. The molecule has 0 heterocycles. The highest BCUT2D eigenvalue weighted by atomic mass is 35.5. The van der Waals surface area contributed by atoms with Gasteiger partial charge < -0.3 is 14.9 Å². The number of para-hydroxylation sites is 1. The molecule has 0 aliphatic carbocycles. The molecule has 0 atom stereocenters. The normalized spacial score (nSPS) is 10.6. The fraction of sp³-hybridized carbons (Fsp3) is 0.0667. The van der Waals surface area contributed by atoms with E-state index in [0.29, 0.717) is 5.56 Å². The Bertz CT molecular complexity index is 731. The zero-order valence-corrected chi connectivity index (χ0v) is 12.3. The molecule has 0 aliphatic heterocycles. The molecule has 0 saturated carbocycles. The van der Waals surface area contributed by atoms with Gasteiger partial charge in [-0.15, -0.1) is 0 Å². The monoisotopic (exact) mass is 320 g/mol. The molecule has 0 spiro atoms. The zero-order valence-electron chi connectivity index (χ0n) is 11.6. The Hall–Kier alpha value is -2.73. The number of hydrazone groups is 1. The third-order valence-corrected chi connectivity index (χ3v) is 3.24. The van der Waals surface area contributed by atoms with Crippen LogP contribution in [0.25, 0.3) is 0 Å². The lowest BCUT2D eigenvalue weighted by Crippen LogP contribution is -2.17. The Morgan fingerprint density at radius 1 is 1.27 bits per heavy atom. The summed E-state index contributed by atoms with van der Waals surface area (Å²) in [6.07, 6.45) is 1.28. The van der Waals surface area contributed by atoms with Crippen LogP contribution in [0, 0.1) is 0 Å². The molecule has 0 saturated heterocycles. The number of hydrogen-bond acceptors (Lipinski definition) is 5. The van der Waals surface area contributed by atoms with Gasteiger partial charge in [-0.25, -0.2) is 5.43 Å². The zero-order chi connectivity index (χ0) is 16.1. The van der Waals surface area contributed by atoms with Crippen molar-refractivity contribution in [3.8, 4) is 17.2 Å². The van der Waals surface area contributed by atoms with E-state index < -0.39 is 5.91 Å². The molecule has 0 radical (unpaired) electrons. The van der Waals surface area contributed by atoms with Gasteiger partial charge >= 0.3 is 0 Å². The molecule has 0 bridgehead atoms. The van der Waals surface area contributed by atoms with Gasteiger partial charge in [0.05, 0.1) is 23.9 Å². The molecule has 0 aliphatic rings. The number of benzene rings is 2. The van der Waals surface area contributed by atoms with Crippen molar-refractivity contribution in [2.75, 3.05) is 7.11 Å². The van der Waals surface area contributed by atoms with Crippen molar-refractivity contribution in [3.63, 3.8) is 0 Å². The van der Waals surface area contributed by atoms with Crippen molar-refractivity contribution in [1.29, 1.82) is 0 Å². The predicted molar refractivity (Wildman–Crippen MR) is 82.8 cm³/mol. The van der Waals surface area contributed by atoms with Gasteiger partial charge in [0.1, 0.15) is 5.75 Å². The van der Waals surface area contributed by atoms with Gasteiger partial charge in [0.25, 0.3) is 5.91 Å². The predicted octanol–water partition coefficient (Wildman–Crippen LogP) is 2.52. The summed E-state index contributed by atoms with van der Waals surface area (Å²) in [6.45, 7) is 0. The van der Waals surface area contributed by atoms with E-state index in [1.807, 2.05) is 0 Å². The van der Waals surface area contributed by atoms with E-state index in [0.717, 1.165) is 0 Å². The van der Waals surface area contributed by atoms with Crippen molar-refractivity contribution in [1.82, 2.24) is 5.43 Å². The number of phenolic OH excluding ortho intramolecular Hbond substituents is 2. The highest BCUT2D eigenvalue weighted by molar-refractivity contribution is 6.34. The summed E-state index contributed by atoms with van der Waals surface area (Å²) in [7, 11) is 1.41. The number of aromatic hydroxyl groups is 2. The number of amides is 1. The minimum atomic E-state index is -0.566. The minimum Gasteiger partial charge on any atom is -0.507 e. The van der Waals surface area contributed by atoms with Crippen molar-refractivity contribution in [2.45, 2.75) is 0 Å². The molecule has 0 aromatic heterocycles. The Kier molecular flexibility index (Phi) is 4.85. The van der Waals surface area contributed by atoms with E-state index in [1.165, 1.54) is 31.5 Å². The van der Waals surface area contributed by atoms with Gasteiger partial charge in [-0.3, -0.25) is 4.79 Å². The lowest BCUT2D eigenvalue weighted by atomic mass is 10.2. The second kappa shape index (κ2) is 6.82. The van der Waals surface area contributed by atoms with E-state index in [9.17, 15) is 15.0 Å². The molecule has 2 aromatic rings. The van der Waals surface area contributed by atoms with Crippen LogP contribution in [0.15, 0.2) is 41.5 Å². The Labute approximate surface area is 131 Å². The largest absolute Gasteiger partial charge is 0.507 e. The van der Waals surface area contributed by atoms with Gasteiger partial charge in [0.2, 0.25) is 0 Å².